The van der Waals surface area contributed by atoms with Gasteiger partial charge in [0.15, 0.2) is 0 Å². The van der Waals surface area contributed by atoms with Crippen molar-refractivity contribution >= 4 is 40.9 Å². The van der Waals surface area contributed by atoms with Crippen LogP contribution in [0.1, 0.15) is 16.1 Å². The highest BCUT2D eigenvalue weighted by molar-refractivity contribution is 7.98. The van der Waals surface area contributed by atoms with E-state index in [0.717, 1.165) is 4.90 Å². The highest BCUT2D eigenvalue weighted by Crippen LogP contribution is 2.32. The van der Waals surface area contributed by atoms with Crippen LogP contribution < -0.4 is 0 Å². The summed E-state index contributed by atoms with van der Waals surface area (Å²) >= 11 is 13.3. The van der Waals surface area contributed by atoms with Gasteiger partial charge in [-0.2, -0.15) is 0 Å². The fourth-order valence-electron chi connectivity index (χ4n) is 1.37. The van der Waals surface area contributed by atoms with Crippen molar-refractivity contribution in [3.05, 3.63) is 51.9 Å². The van der Waals surface area contributed by atoms with Crippen molar-refractivity contribution in [3.63, 3.8) is 0 Å². The zero-order valence-corrected chi connectivity index (χ0v) is 11.4. The van der Waals surface area contributed by atoms with Gasteiger partial charge in [-0.25, -0.2) is 4.79 Å². The van der Waals surface area contributed by atoms with Crippen molar-refractivity contribution < 1.29 is 14.3 Å². The minimum Gasteiger partial charge on any atom is -0.478 e. The van der Waals surface area contributed by atoms with Crippen LogP contribution in [0, 0.1) is 0 Å². The zero-order chi connectivity index (χ0) is 13.1. The minimum atomic E-state index is -1.00. The maximum Gasteiger partial charge on any atom is 0.339 e. The Balaban J connectivity index is 2.14. The normalized spacial score (nSPS) is 10.6. The van der Waals surface area contributed by atoms with Gasteiger partial charge in [-0.15, -0.1) is 11.8 Å². The van der Waals surface area contributed by atoms with E-state index in [1.165, 1.54) is 24.1 Å². The second kappa shape index (κ2) is 5.69. The number of carboxylic acids is 1. The molecular formula is C12H8Cl2O3S. The van der Waals surface area contributed by atoms with Crippen molar-refractivity contribution in [2.24, 2.45) is 0 Å². The van der Waals surface area contributed by atoms with Crippen LogP contribution in [0.4, 0.5) is 0 Å². The number of rotatable bonds is 4. The molecule has 6 heteroatoms. The molecule has 2 aromatic rings. The quantitative estimate of drug-likeness (QED) is 0.840. The molecule has 0 saturated carbocycles. The van der Waals surface area contributed by atoms with Crippen molar-refractivity contribution in [2.75, 3.05) is 0 Å². The standard InChI is InChI=1S/C12H8Cl2O3S/c13-7-1-2-9(14)11(5-7)18-6-10-8(12(15)16)3-4-17-10/h1-5H,6H2,(H,15,16). The Morgan fingerprint density at radius 2 is 2.11 bits per heavy atom. The summed E-state index contributed by atoms with van der Waals surface area (Å²) in [6.45, 7) is 0. The molecule has 3 nitrogen and oxygen atoms in total. The monoisotopic (exact) mass is 302 g/mol. The lowest BCUT2D eigenvalue weighted by Crippen LogP contribution is -1.97. The summed E-state index contributed by atoms with van der Waals surface area (Å²) in [6, 6.07) is 6.56. The number of hydrogen-bond acceptors (Lipinski definition) is 3. The van der Waals surface area contributed by atoms with Gasteiger partial charge in [0, 0.05) is 9.92 Å². The molecule has 0 saturated heterocycles. The van der Waals surface area contributed by atoms with Gasteiger partial charge in [0.05, 0.1) is 17.0 Å². The van der Waals surface area contributed by atoms with Gasteiger partial charge in [0.2, 0.25) is 0 Å². The summed E-state index contributed by atoms with van der Waals surface area (Å²) in [5, 5.41) is 10.1. The summed E-state index contributed by atoms with van der Waals surface area (Å²) in [7, 11) is 0. The third-order valence-electron chi connectivity index (χ3n) is 2.23. The molecule has 0 atom stereocenters. The fourth-order valence-corrected chi connectivity index (χ4v) is 2.82. The van der Waals surface area contributed by atoms with E-state index in [2.05, 4.69) is 0 Å². The first kappa shape index (κ1) is 13.3. The molecule has 0 bridgehead atoms. The second-order valence-electron chi connectivity index (χ2n) is 3.43. The van der Waals surface area contributed by atoms with Crippen molar-refractivity contribution in [1.82, 2.24) is 0 Å². The lowest BCUT2D eigenvalue weighted by molar-refractivity contribution is 0.0695. The number of hydrogen-bond donors (Lipinski definition) is 1. The van der Waals surface area contributed by atoms with E-state index in [4.69, 9.17) is 32.7 Å². The van der Waals surface area contributed by atoms with Crippen LogP contribution in [0.15, 0.2) is 39.8 Å². The SMILES string of the molecule is O=C(O)c1ccoc1CSc1cc(Cl)ccc1Cl. The molecule has 94 valence electrons. The molecule has 0 amide bonds. The van der Waals surface area contributed by atoms with Gasteiger partial charge in [0.25, 0.3) is 0 Å². The lowest BCUT2D eigenvalue weighted by atomic mass is 10.3. The van der Waals surface area contributed by atoms with Gasteiger partial charge in [-0.05, 0) is 24.3 Å². The molecule has 1 aromatic heterocycles. The van der Waals surface area contributed by atoms with Crippen LogP contribution >= 0.6 is 35.0 Å². The van der Waals surface area contributed by atoms with E-state index in [-0.39, 0.29) is 5.56 Å². The van der Waals surface area contributed by atoms with Gasteiger partial charge in [-0.3, -0.25) is 0 Å². The Bertz CT molecular complexity index is 580. The summed E-state index contributed by atoms with van der Waals surface area (Å²) in [4.78, 5) is 11.7. The van der Waals surface area contributed by atoms with E-state index in [1.54, 1.807) is 18.2 Å². The van der Waals surface area contributed by atoms with Gasteiger partial charge < -0.3 is 9.52 Å². The van der Waals surface area contributed by atoms with Gasteiger partial charge in [-0.1, -0.05) is 23.2 Å². The molecule has 0 radical (unpaired) electrons. The molecule has 0 aliphatic rings. The van der Waals surface area contributed by atoms with Crippen LogP contribution in [0.3, 0.4) is 0 Å². The molecule has 0 unspecified atom stereocenters. The highest BCUT2D eigenvalue weighted by Gasteiger charge is 2.14. The van der Waals surface area contributed by atoms with Crippen LogP contribution in [0.2, 0.25) is 10.0 Å². The van der Waals surface area contributed by atoms with Crippen molar-refractivity contribution in [3.8, 4) is 0 Å². The first-order chi connectivity index (χ1) is 8.58. The molecule has 1 heterocycles. The molecule has 2 rings (SSSR count). The molecule has 18 heavy (non-hydrogen) atoms. The third kappa shape index (κ3) is 3.02. The maximum atomic E-state index is 10.9. The average molecular weight is 303 g/mol. The number of furan rings is 1. The Morgan fingerprint density at radius 1 is 1.33 bits per heavy atom. The predicted molar refractivity (Wildman–Crippen MR) is 71.7 cm³/mol. The Kier molecular flexibility index (Phi) is 4.22. The Labute approximate surface area is 118 Å². The smallest absolute Gasteiger partial charge is 0.339 e. The van der Waals surface area contributed by atoms with Crippen LogP contribution in [0.5, 0.6) is 0 Å². The van der Waals surface area contributed by atoms with Gasteiger partial charge in [0.1, 0.15) is 11.3 Å². The summed E-state index contributed by atoms with van der Waals surface area (Å²) in [5.41, 5.74) is 0.167. The highest BCUT2D eigenvalue weighted by atomic mass is 35.5. The second-order valence-corrected chi connectivity index (χ2v) is 5.29. The Hall–Kier alpha value is -1.10. The number of halogens is 2. The first-order valence-corrected chi connectivity index (χ1v) is 6.69. The van der Waals surface area contributed by atoms with E-state index >= 15 is 0 Å². The molecule has 0 aliphatic heterocycles. The molecule has 0 spiro atoms. The number of carbonyl (C=O) groups is 1. The zero-order valence-electron chi connectivity index (χ0n) is 9.02. The van der Waals surface area contributed by atoms with Crippen LogP contribution in [-0.2, 0) is 5.75 Å². The van der Waals surface area contributed by atoms with Crippen LogP contribution in [-0.4, -0.2) is 11.1 Å². The maximum absolute atomic E-state index is 10.9. The van der Waals surface area contributed by atoms with Gasteiger partial charge >= 0.3 is 5.97 Å². The number of benzene rings is 1. The number of carboxylic acid groups (broad SMARTS) is 1. The summed E-state index contributed by atoms with van der Waals surface area (Å²) in [5.74, 6) is -0.214. The van der Waals surface area contributed by atoms with E-state index in [9.17, 15) is 4.79 Å². The van der Waals surface area contributed by atoms with E-state index in [1.807, 2.05) is 0 Å². The van der Waals surface area contributed by atoms with Crippen LogP contribution in [0.25, 0.3) is 0 Å². The summed E-state index contributed by atoms with van der Waals surface area (Å²) in [6.07, 6.45) is 1.36. The largest absolute Gasteiger partial charge is 0.478 e. The van der Waals surface area contributed by atoms with E-state index in [0.29, 0.717) is 21.6 Å². The Morgan fingerprint density at radius 3 is 2.83 bits per heavy atom. The fraction of sp³-hybridized carbons (Fsp3) is 0.0833. The van der Waals surface area contributed by atoms with Crippen molar-refractivity contribution in [1.29, 1.82) is 0 Å². The third-order valence-corrected chi connectivity index (χ3v) is 3.96. The molecule has 0 aliphatic carbocycles. The average Bonchev–Trinajstić information content (AvgIpc) is 2.79. The number of aromatic carboxylic acids is 1. The first-order valence-electron chi connectivity index (χ1n) is 4.95. The molecule has 1 N–H and O–H groups in total. The molecular weight excluding hydrogens is 295 g/mol. The number of thioether (sulfide) groups is 1. The molecule has 1 aromatic carbocycles. The topological polar surface area (TPSA) is 50.4 Å². The lowest BCUT2D eigenvalue weighted by Gasteiger charge is -2.04. The molecule has 0 fully saturated rings. The summed E-state index contributed by atoms with van der Waals surface area (Å²) < 4.78 is 5.14. The van der Waals surface area contributed by atoms with E-state index < -0.39 is 5.97 Å². The predicted octanol–water partition coefficient (Wildman–Crippen LogP) is 4.58. The minimum absolute atomic E-state index is 0.167. The van der Waals surface area contributed by atoms with Crippen molar-refractivity contribution in [2.45, 2.75) is 10.6 Å².